The third kappa shape index (κ3) is 2.43. The van der Waals surface area contributed by atoms with Crippen molar-refractivity contribution in [3.8, 4) is 0 Å². The van der Waals surface area contributed by atoms with Crippen LogP contribution in [0.25, 0.3) is 0 Å². The molecule has 1 aliphatic heterocycles. The molecule has 0 aliphatic carbocycles. The second kappa shape index (κ2) is 3.72. The van der Waals surface area contributed by atoms with Gasteiger partial charge in [-0.3, -0.25) is 0 Å². The number of aliphatic hydroxyl groups excluding tert-OH is 1. The summed E-state index contributed by atoms with van der Waals surface area (Å²) in [5.74, 6) is 0.350. The van der Waals surface area contributed by atoms with Crippen molar-refractivity contribution in [2.45, 2.75) is 12.8 Å². The summed E-state index contributed by atoms with van der Waals surface area (Å²) in [7, 11) is -2.51. The van der Waals surface area contributed by atoms with Crippen LogP contribution in [0.15, 0.2) is 0 Å². The maximum Gasteiger partial charge on any atom is 0.104 e. The van der Waals surface area contributed by atoms with E-state index >= 15 is 0 Å². The van der Waals surface area contributed by atoms with Crippen LogP contribution in [0.4, 0.5) is 0 Å². The highest BCUT2D eigenvalue weighted by Gasteiger charge is 2.22. The summed E-state index contributed by atoms with van der Waals surface area (Å²) < 4.78 is 20.3. The minimum absolute atomic E-state index is 0.219. The molecule has 1 saturated heterocycles. The summed E-state index contributed by atoms with van der Waals surface area (Å²) >= 11 is 0. The average Bonchev–Trinajstić information content (AvgIpc) is 2.03. The van der Waals surface area contributed by atoms with Gasteiger partial charge in [-0.15, -0.1) is 0 Å². The van der Waals surface area contributed by atoms with Gasteiger partial charge in [0, 0.05) is 26.0 Å². The van der Waals surface area contributed by atoms with Crippen LogP contribution in [-0.2, 0) is 9.92 Å². The van der Waals surface area contributed by atoms with Crippen molar-refractivity contribution in [2.24, 2.45) is 5.92 Å². The van der Waals surface area contributed by atoms with Crippen LogP contribution in [0, 0.1) is 10.7 Å². The number of hydrogen-bond acceptors (Lipinski definition) is 3. The molecule has 0 amide bonds. The van der Waals surface area contributed by atoms with Gasteiger partial charge in [0.05, 0.1) is 0 Å². The zero-order chi connectivity index (χ0) is 9.19. The number of aliphatic hydroxyl groups is 1. The molecule has 12 heavy (non-hydrogen) atoms. The first-order chi connectivity index (χ1) is 5.54. The van der Waals surface area contributed by atoms with Crippen LogP contribution in [0.3, 0.4) is 0 Å². The van der Waals surface area contributed by atoms with Crippen LogP contribution in [-0.4, -0.2) is 39.6 Å². The largest absolute Gasteiger partial charge is 0.396 e. The van der Waals surface area contributed by atoms with E-state index in [2.05, 4.69) is 0 Å². The van der Waals surface area contributed by atoms with E-state index < -0.39 is 9.92 Å². The van der Waals surface area contributed by atoms with Crippen LogP contribution in [0.2, 0.25) is 0 Å². The summed E-state index contributed by atoms with van der Waals surface area (Å²) in [6.07, 6.45) is 3.17. The molecule has 0 bridgehead atoms. The van der Waals surface area contributed by atoms with Gasteiger partial charge in [-0.05, 0) is 18.8 Å². The SMILES string of the molecule is CS(=N)(=O)N1CCC(CO)CC1. The second-order valence-electron chi connectivity index (χ2n) is 3.36. The maximum absolute atomic E-state index is 11.3. The highest BCUT2D eigenvalue weighted by Crippen LogP contribution is 2.18. The Bertz CT molecular complexity index is 230. The highest BCUT2D eigenvalue weighted by molar-refractivity contribution is 7.89. The lowest BCUT2D eigenvalue weighted by atomic mass is 10.00. The normalized spacial score (nSPS) is 26.8. The van der Waals surface area contributed by atoms with Gasteiger partial charge in [0.25, 0.3) is 0 Å². The van der Waals surface area contributed by atoms with Gasteiger partial charge >= 0.3 is 0 Å². The molecule has 72 valence electrons. The van der Waals surface area contributed by atoms with Crippen LogP contribution in [0.5, 0.6) is 0 Å². The summed E-state index contributed by atoms with van der Waals surface area (Å²) in [5.41, 5.74) is 0. The standard InChI is InChI=1S/C7H16N2O2S/c1-12(8,11)9-4-2-7(6-10)3-5-9/h7-8,10H,2-6H2,1H3. The predicted octanol–water partition coefficient (Wildman–Crippen LogP) is 0.282. The van der Waals surface area contributed by atoms with Gasteiger partial charge in [0.15, 0.2) is 0 Å². The van der Waals surface area contributed by atoms with Gasteiger partial charge in [0.1, 0.15) is 9.92 Å². The molecule has 1 atom stereocenters. The third-order valence-corrected chi connectivity index (χ3v) is 3.67. The molecule has 0 aromatic carbocycles. The van der Waals surface area contributed by atoms with Crippen molar-refractivity contribution in [1.82, 2.24) is 4.31 Å². The Balaban J connectivity index is 2.47. The zero-order valence-electron chi connectivity index (χ0n) is 7.32. The second-order valence-corrected chi connectivity index (χ2v) is 5.48. The Hall–Kier alpha value is -0.130. The molecule has 0 aromatic rings. The molecule has 1 rings (SSSR count). The Morgan fingerprint density at radius 3 is 2.42 bits per heavy atom. The Labute approximate surface area is 73.7 Å². The minimum atomic E-state index is -2.51. The van der Waals surface area contributed by atoms with E-state index in [1.807, 2.05) is 0 Å². The Kier molecular flexibility index (Phi) is 3.09. The summed E-state index contributed by atoms with van der Waals surface area (Å²) in [6, 6.07) is 0. The first-order valence-corrected chi connectivity index (χ1v) is 6.06. The summed E-state index contributed by atoms with van der Waals surface area (Å²) in [6.45, 7) is 1.59. The summed E-state index contributed by atoms with van der Waals surface area (Å²) in [4.78, 5) is 0. The van der Waals surface area contributed by atoms with Crippen molar-refractivity contribution in [3.63, 3.8) is 0 Å². The van der Waals surface area contributed by atoms with E-state index in [4.69, 9.17) is 9.89 Å². The Morgan fingerprint density at radius 1 is 1.58 bits per heavy atom. The highest BCUT2D eigenvalue weighted by atomic mass is 32.2. The lowest BCUT2D eigenvalue weighted by Gasteiger charge is -2.30. The van der Waals surface area contributed by atoms with Crippen molar-refractivity contribution < 1.29 is 9.32 Å². The van der Waals surface area contributed by atoms with Gasteiger partial charge < -0.3 is 5.11 Å². The molecule has 5 heteroatoms. The van der Waals surface area contributed by atoms with E-state index in [0.717, 1.165) is 12.8 Å². The molecular weight excluding hydrogens is 176 g/mol. The van der Waals surface area contributed by atoms with Gasteiger partial charge in [-0.25, -0.2) is 13.3 Å². The van der Waals surface area contributed by atoms with E-state index in [1.165, 1.54) is 6.26 Å². The molecule has 0 radical (unpaired) electrons. The number of nitrogens with one attached hydrogen (secondary N) is 1. The van der Waals surface area contributed by atoms with Crippen molar-refractivity contribution >= 4 is 9.92 Å². The van der Waals surface area contributed by atoms with Crippen molar-refractivity contribution in [3.05, 3.63) is 0 Å². The predicted molar refractivity (Wildman–Crippen MR) is 48.2 cm³/mol. The molecule has 0 saturated carbocycles. The van der Waals surface area contributed by atoms with Gasteiger partial charge in [0.2, 0.25) is 0 Å². The molecule has 1 unspecified atom stereocenters. The molecule has 0 spiro atoms. The Morgan fingerprint density at radius 2 is 2.08 bits per heavy atom. The quantitative estimate of drug-likeness (QED) is 0.660. The number of nitrogens with zero attached hydrogens (tertiary/aromatic N) is 1. The number of piperidine rings is 1. The molecule has 1 aliphatic rings. The smallest absolute Gasteiger partial charge is 0.104 e. The number of rotatable bonds is 2. The van der Waals surface area contributed by atoms with E-state index in [-0.39, 0.29) is 6.61 Å². The van der Waals surface area contributed by atoms with Gasteiger partial charge in [-0.2, -0.15) is 0 Å². The molecule has 0 aromatic heterocycles. The van der Waals surface area contributed by atoms with E-state index in [1.54, 1.807) is 4.31 Å². The first kappa shape index (κ1) is 9.95. The summed E-state index contributed by atoms with van der Waals surface area (Å²) in [5, 5.41) is 8.84. The van der Waals surface area contributed by atoms with Crippen molar-refractivity contribution in [1.29, 1.82) is 4.78 Å². The van der Waals surface area contributed by atoms with E-state index in [9.17, 15) is 4.21 Å². The topological polar surface area (TPSA) is 64.4 Å². The molecule has 1 heterocycles. The van der Waals surface area contributed by atoms with Gasteiger partial charge in [-0.1, -0.05) is 0 Å². The zero-order valence-corrected chi connectivity index (χ0v) is 8.14. The fraction of sp³-hybridized carbons (Fsp3) is 1.00. The van der Waals surface area contributed by atoms with Crippen LogP contribution in [0.1, 0.15) is 12.8 Å². The van der Waals surface area contributed by atoms with Crippen molar-refractivity contribution in [2.75, 3.05) is 26.0 Å². The number of hydrogen-bond donors (Lipinski definition) is 2. The first-order valence-electron chi connectivity index (χ1n) is 4.14. The maximum atomic E-state index is 11.3. The van der Waals surface area contributed by atoms with Crippen LogP contribution >= 0.6 is 0 Å². The molecule has 2 N–H and O–H groups in total. The molecule has 1 fully saturated rings. The van der Waals surface area contributed by atoms with E-state index in [0.29, 0.717) is 19.0 Å². The minimum Gasteiger partial charge on any atom is -0.396 e. The van der Waals surface area contributed by atoms with Crippen LogP contribution < -0.4 is 0 Å². The molecular formula is C7H16N2O2S. The molecule has 4 nitrogen and oxygen atoms in total. The third-order valence-electron chi connectivity index (χ3n) is 2.32. The fourth-order valence-corrected chi connectivity index (χ4v) is 2.35. The monoisotopic (exact) mass is 192 g/mol. The average molecular weight is 192 g/mol. The lowest BCUT2D eigenvalue weighted by molar-refractivity contribution is 0.172. The fourth-order valence-electron chi connectivity index (χ4n) is 1.44. The lowest BCUT2D eigenvalue weighted by Crippen LogP contribution is -2.37.